The zero-order chi connectivity index (χ0) is 23.2. The molecule has 2 aromatic rings. The molecule has 2 aliphatic heterocycles. The Hall–Kier alpha value is -3.28. The van der Waals surface area contributed by atoms with E-state index in [1.165, 1.54) is 6.33 Å². The molecule has 2 aliphatic rings. The summed E-state index contributed by atoms with van der Waals surface area (Å²) >= 11 is 0. The molecule has 4 rings (SSSR count). The van der Waals surface area contributed by atoms with E-state index >= 15 is 0 Å². The largest absolute Gasteiger partial charge is 0.490 e. The van der Waals surface area contributed by atoms with E-state index in [9.17, 15) is 18.0 Å². The summed E-state index contributed by atoms with van der Waals surface area (Å²) in [5.41, 5.74) is 0.0896. The fourth-order valence-corrected chi connectivity index (χ4v) is 3.60. The number of amides is 1. The normalized spacial score (nSPS) is 22.7. The van der Waals surface area contributed by atoms with Gasteiger partial charge in [-0.2, -0.15) is 13.2 Å². The zero-order valence-corrected chi connectivity index (χ0v) is 16.9. The van der Waals surface area contributed by atoms with E-state index in [-0.39, 0.29) is 17.6 Å². The van der Waals surface area contributed by atoms with Crippen molar-refractivity contribution in [3.8, 4) is 5.88 Å². The van der Waals surface area contributed by atoms with Gasteiger partial charge in [-0.15, -0.1) is 0 Å². The molecule has 0 unspecified atom stereocenters. The van der Waals surface area contributed by atoms with Crippen LogP contribution in [-0.4, -0.2) is 74.4 Å². The maximum Gasteiger partial charge on any atom is 0.490 e. The molecular formula is C20H21F3N4O5. The van der Waals surface area contributed by atoms with Crippen molar-refractivity contribution in [1.82, 2.24) is 19.9 Å². The summed E-state index contributed by atoms with van der Waals surface area (Å²) in [6, 6.07) is 7.25. The van der Waals surface area contributed by atoms with Gasteiger partial charge in [0.15, 0.2) is 0 Å². The van der Waals surface area contributed by atoms with Crippen LogP contribution >= 0.6 is 0 Å². The molecule has 2 atom stereocenters. The third-order valence-corrected chi connectivity index (χ3v) is 4.97. The minimum Gasteiger partial charge on any atom is -0.475 e. The first-order chi connectivity index (χ1) is 15.2. The van der Waals surface area contributed by atoms with Gasteiger partial charge in [-0.25, -0.2) is 19.7 Å². The van der Waals surface area contributed by atoms with E-state index in [4.69, 9.17) is 19.4 Å². The van der Waals surface area contributed by atoms with Crippen molar-refractivity contribution in [2.45, 2.75) is 37.1 Å². The first-order valence-corrected chi connectivity index (χ1v) is 9.76. The maximum atomic E-state index is 12.7. The number of aromatic nitrogens is 3. The Labute approximate surface area is 181 Å². The lowest BCUT2D eigenvalue weighted by Gasteiger charge is -2.39. The highest BCUT2D eigenvalue weighted by Gasteiger charge is 2.45. The summed E-state index contributed by atoms with van der Waals surface area (Å²) in [5, 5.41) is 7.12. The summed E-state index contributed by atoms with van der Waals surface area (Å²) in [5.74, 6) is -2.22. The van der Waals surface area contributed by atoms with Gasteiger partial charge in [0.25, 0.3) is 5.91 Å². The van der Waals surface area contributed by atoms with Crippen LogP contribution in [0, 0.1) is 0 Å². The lowest BCUT2D eigenvalue weighted by molar-refractivity contribution is -0.192. The Kier molecular flexibility index (Phi) is 7.23. The molecule has 1 amide bonds. The van der Waals surface area contributed by atoms with Crippen molar-refractivity contribution in [2.75, 3.05) is 19.7 Å². The van der Waals surface area contributed by atoms with Crippen LogP contribution in [0.1, 0.15) is 29.8 Å². The standard InChI is InChI=1S/C18H20N4O3.C2HF3O2/c23-17(15-5-8-19-13-21-15)22-9-3-6-18(12-22)10-14(11-24-18)25-16-4-1-2-7-20-16;3-2(4,5)1(6)7/h1-2,4-5,7-8,13-14H,3,6,9-12H2;(H,6,7)/t14-,18-;/m0./s1. The van der Waals surface area contributed by atoms with Crippen LogP contribution in [-0.2, 0) is 9.53 Å². The predicted octanol–water partition coefficient (Wildman–Crippen LogP) is 2.35. The fraction of sp³-hybridized carbons (Fsp3) is 0.450. The number of carboxylic acids is 1. The summed E-state index contributed by atoms with van der Waals surface area (Å²) in [6.07, 6.45) is 2.18. The molecule has 0 aromatic carbocycles. The molecule has 2 saturated heterocycles. The summed E-state index contributed by atoms with van der Waals surface area (Å²) in [4.78, 5) is 35.5. The average molecular weight is 454 g/mol. The number of aliphatic carboxylic acids is 1. The monoisotopic (exact) mass is 454 g/mol. The third kappa shape index (κ3) is 6.13. The van der Waals surface area contributed by atoms with Gasteiger partial charge in [-0.3, -0.25) is 4.79 Å². The molecule has 1 N–H and O–H groups in total. The number of carbonyl (C=O) groups excluding carboxylic acids is 1. The van der Waals surface area contributed by atoms with Crippen LogP contribution in [0.4, 0.5) is 13.2 Å². The minimum atomic E-state index is -5.08. The molecule has 32 heavy (non-hydrogen) atoms. The van der Waals surface area contributed by atoms with E-state index in [2.05, 4.69) is 15.0 Å². The number of rotatable bonds is 3. The van der Waals surface area contributed by atoms with Crippen molar-refractivity contribution in [1.29, 1.82) is 0 Å². The van der Waals surface area contributed by atoms with Gasteiger partial charge < -0.3 is 19.5 Å². The Bertz CT molecular complexity index is 916. The van der Waals surface area contributed by atoms with Crippen molar-refractivity contribution in [3.05, 3.63) is 48.7 Å². The number of hydrogen-bond donors (Lipinski definition) is 1. The molecule has 2 aromatic heterocycles. The minimum absolute atomic E-state index is 0.0380. The van der Waals surface area contributed by atoms with Crippen LogP contribution in [0.15, 0.2) is 43.0 Å². The van der Waals surface area contributed by atoms with Crippen molar-refractivity contribution < 1.29 is 37.3 Å². The molecule has 2 fully saturated rings. The first-order valence-electron chi connectivity index (χ1n) is 9.76. The van der Waals surface area contributed by atoms with E-state index < -0.39 is 12.1 Å². The lowest BCUT2D eigenvalue weighted by atomic mass is 9.89. The predicted molar refractivity (Wildman–Crippen MR) is 103 cm³/mol. The number of carbonyl (C=O) groups is 2. The van der Waals surface area contributed by atoms with Gasteiger partial charge in [0.2, 0.25) is 5.88 Å². The Morgan fingerprint density at radius 2 is 2.00 bits per heavy atom. The molecule has 4 heterocycles. The van der Waals surface area contributed by atoms with E-state index in [0.717, 1.165) is 25.8 Å². The number of likely N-dealkylation sites (tertiary alicyclic amines) is 1. The van der Waals surface area contributed by atoms with Crippen molar-refractivity contribution >= 4 is 11.9 Å². The molecule has 12 heteroatoms. The SMILES string of the molecule is O=C(O)C(F)(F)F.O=C(c1ccncn1)N1CCC[C@]2(C[C@H](Oc3ccccn3)CO2)C1. The van der Waals surface area contributed by atoms with Crippen LogP contribution in [0.2, 0.25) is 0 Å². The molecule has 172 valence electrons. The molecule has 0 saturated carbocycles. The van der Waals surface area contributed by atoms with Crippen LogP contribution in [0.5, 0.6) is 5.88 Å². The second-order valence-corrected chi connectivity index (χ2v) is 7.33. The van der Waals surface area contributed by atoms with Crippen LogP contribution in [0.25, 0.3) is 0 Å². The smallest absolute Gasteiger partial charge is 0.475 e. The van der Waals surface area contributed by atoms with Gasteiger partial charge in [0.1, 0.15) is 18.1 Å². The Balaban J connectivity index is 0.000000360. The maximum absolute atomic E-state index is 12.7. The average Bonchev–Trinajstić information content (AvgIpc) is 3.15. The third-order valence-electron chi connectivity index (χ3n) is 4.97. The summed E-state index contributed by atoms with van der Waals surface area (Å²) < 4.78 is 43.8. The van der Waals surface area contributed by atoms with Crippen LogP contribution in [0.3, 0.4) is 0 Å². The molecule has 9 nitrogen and oxygen atoms in total. The number of hydrogen-bond acceptors (Lipinski definition) is 7. The first kappa shape index (κ1) is 23.4. The summed E-state index contributed by atoms with van der Waals surface area (Å²) in [7, 11) is 0. The number of halogens is 3. The second-order valence-electron chi connectivity index (χ2n) is 7.33. The molecular weight excluding hydrogens is 433 g/mol. The topological polar surface area (TPSA) is 115 Å². The number of carboxylic acid groups (broad SMARTS) is 1. The summed E-state index contributed by atoms with van der Waals surface area (Å²) in [6.45, 7) is 1.81. The number of ether oxygens (including phenoxy) is 2. The molecule has 1 spiro atoms. The van der Waals surface area contributed by atoms with Gasteiger partial charge in [-0.1, -0.05) is 6.07 Å². The number of nitrogens with zero attached hydrogens (tertiary/aromatic N) is 4. The number of piperidine rings is 1. The zero-order valence-electron chi connectivity index (χ0n) is 16.9. The van der Waals surface area contributed by atoms with Gasteiger partial charge in [0.05, 0.1) is 18.8 Å². The lowest BCUT2D eigenvalue weighted by Crippen LogP contribution is -2.50. The van der Waals surface area contributed by atoms with Crippen molar-refractivity contribution in [3.63, 3.8) is 0 Å². The second kappa shape index (κ2) is 9.90. The van der Waals surface area contributed by atoms with Gasteiger partial charge in [-0.05, 0) is 25.0 Å². The molecule has 0 aliphatic carbocycles. The molecule has 0 bridgehead atoms. The van der Waals surface area contributed by atoms with E-state index in [1.54, 1.807) is 18.5 Å². The van der Waals surface area contributed by atoms with Crippen molar-refractivity contribution in [2.24, 2.45) is 0 Å². The molecule has 0 radical (unpaired) electrons. The Morgan fingerprint density at radius 3 is 2.62 bits per heavy atom. The van der Waals surface area contributed by atoms with Gasteiger partial charge >= 0.3 is 12.1 Å². The highest BCUT2D eigenvalue weighted by Crippen LogP contribution is 2.36. The van der Waals surface area contributed by atoms with E-state index in [0.29, 0.717) is 24.7 Å². The highest BCUT2D eigenvalue weighted by atomic mass is 19.4. The van der Waals surface area contributed by atoms with Gasteiger partial charge in [0, 0.05) is 31.4 Å². The number of alkyl halides is 3. The van der Waals surface area contributed by atoms with Crippen LogP contribution < -0.4 is 4.74 Å². The highest BCUT2D eigenvalue weighted by molar-refractivity contribution is 5.92. The quantitative estimate of drug-likeness (QED) is 0.752. The Morgan fingerprint density at radius 1 is 1.22 bits per heavy atom. The number of pyridine rings is 1. The fourth-order valence-electron chi connectivity index (χ4n) is 3.60. The van der Waals surface area contributed by atoms with E-state index in [1.807, 2.05) is 23.1 Å².